The van der Waals surface area contributed by atoms with Gasteiger partial charge in [-0.1, -0.05) is 41.9 Å². The van der Waals surface area contributed by atoms with Crippen LogP contribution in [0.25, 0.3) is 21.5 Å². The van der Waals surface area contributed by atoms with Crippen molar-refractivity contribution in [2.24, 2.45) is 0 Å². The number of hydrogen-bond acceptors (Lipinski definition) is 0. The topological polar surface area (TPSA) is 0 Å². The fraction of sp³-hybridized carbons (Fsp3) is 0. The van der Waals surface area contributed by atoms with Crippen LogP contribution in [-0.4, -0.2) is 7.85 Å². The number of fused-ring (bicyclic) bond motifs is 3. The molecule has 3 rings (SSSR count). The van der Waals surface area contributed by atoms with E-state index in [0.29, 0.717) is 0 Å². The van der Waals surface area contributed by atoms with Crippen LogP contribution in [0.15, 0.2) is 48.5 Å². The summed E-state index contributed by atoms with van der Waals surface area (Å²) in [6.45, 7) is 0. The minimum atomic E-state index is 0.817. The minimum Gasteiger partial charge on any atom is -0.0960 e. The summed E-state index contributed by atoms with van der Waals surface area (Å²) in [4.78, 5) is 0. The molecule has 0 heterocycles. The summed E-state index contributed by atoms with van der Waals surface area (Å²) in [5.41, 5.74) is 0.817. The molecule has 0 bridgehead atoms. The van der Waals surface area contributed by atoms with Crippen molar-refractivity contribution >= 4 is 57.4 Å². The quantitative estimate of drug-likeness (QED) is 0.339. The fourth-order valence-electron chi connectivity index (χ4n) is 2.06. The molecular formula is C14H8BI. The Morgan fingerprint density at radius 3 is 2.12 bits per heavy atom. The zero-order chi connectivity index (χ0) is 11.1. The first-order valence-corrected chi connectivity index (χ1v) is 6.19. The Labute approximate surface area is 109 Å². The van der Waals surface area contributed by atoms with Gasteiger partial charge in [0.1, 0.15) is 7.85 Å². The molecule has 16 heavy (non-hydrogen) atoms. The maximum Gasteiger partial charge on any atom is 0.113 e. The Kier molecular flexibility index (Phi) is 2.39. The molecule has 2 heteroatoms. The predicted octanol–water partition coefficient (Wildman–Crippen LogP) is 3.39. The maximum atomic E-state index is 5.79. The van der Waals surface area contributed by atoms with Crippen LogP contribution in [0.5, 0.6) is 0 Å². The van der Waals surface area contributed by atoms with Crippen molar-refractivity contribution in [3.63, 3.8) is 0 Å². The summed E-state index contributed by atoms with van der Waals surface area (Å²) in [7, 11) is 5.79. The van der Waals surface area contributed by atoms with E-state index in [9.17, 15) is 0 Å². The Bertz CT molecular complexity index is 628. The lowest BCUT2D eigenvalue weighted by Crippen LogP contribution is -1.99. The van der Waals surface area contributed by atoms with Gasteiger partial charge in [-0.15, -0.1) is 0 Å². The van der Waals surface area contributed by atoms with Crippen LogP contribution in [-0.2, 0) is 0 Å². The molecule has 0 nitrogen and oxygen atoms in total. The first kappa shape index (κ1) is 10.1. The molecule has 2 radical (unpaired) electrons. The first-order valence-electron chi connectivity index (χ1n) is 5.11. The van der Waals surface area contributed by atoms with Crippen LogP contribution in [0.2, 0.25) is 0 Å². The SMILES string of the molecule is [B]c1ccc2c(ccc3cc(I)ccc32)c1. The Morgan fingerprint density at radius 2 is 1.38 bits per heavy atom. The van der Waals surface area contributed by atoms with Crippen molar-refractivity contribution in [1.29, 1.82) is 0 Å². The molecule has 74 valence electrons. The van der Waals surface area contributed by atoms with E-state index in [-0.39, 0.29) is 0 Å². The van der Waals surface area contributed by atoms with Gasteiger partial charge in [0.2, 0.25) is 0 Å². The fourth-order valence-corrected chi connectivity index (χ4v) is 2.58. The lowest BCUT2D eigenvalue weighted by Gasteiger charge is -2.05. The van der Waals surface area contributed by atoms with Gasteiger partial charge in [0.25, 0.3) is 0 Å². The van der Waals surface area contributed by atoms with Crippen LogP contribution < -0.4 is 5.46 Å². The highest BCUT2D eigenvalue weighted by Crippen LogP contribution is 2.25. The normalized spacial score (nSPS) is 11.1. The molecule has 3 aromatic carbocycles. The van der Waals surface area contributed by atoms with E-state index in [1.807, 2.05) is 12.1 Å². The third kappa shape index (κ3) is 1.61. The Balaban J connectivity index is 2.50. The average molecular weight is 314 g/mol. The van der Waals surface area contributed by atoms with Gasteiger partial charge in [-0.05, 0) is 56.3 Å². The summed E-state index contributed by atoms with van der Waals surface area (Å²) in [6, 6.07) is 16.9. The van der Waals surface area contributed by atoms with E-state index in [2.05, 4.69) is 59.0 Å². The molecule has 0 saturated heterocycles. The van der Waals surface area contributed by atoms with Crippen molar-refractivity contribution < 1.29 is 0 Å². The number of rotatable bonds is 0. The number of hydrogen-bond donors (Lipinski definition) is 0. The predicted molar refractivity (Wildman–Crippen MR) is 79.6 cm³/mol. The molecule has 0 saturated carbocycles. The van der Waals surface area contributed by atoms with Gasteiger partial charge in [-0.25, -0.2) is 0 Å². The van der Waals surface area contributed by atoms with Gasteiger partial charge in [-0.3, -0.25) is 0 Å². The second-order valence-corrected chi connectivity index (χ2v) is 5.16. The molecule has 0 N–H and O–H groups in total. The summed E-state index contributed by atoms with van der Waals surface area (Å²) < 4.78 is 1.26. The standard InChI is InChI=1S/C14H8BI/c15-11-3-5-13-9(7-11)1-2-10-8-12(16)4-6-14(10)13/h1-8H. The van der Waals surface area contributed by atoms with E-state index in [0.717, 1.165) is 5.46 Å². The average Bonchev–Trinajstić information content (AvgIpc) is 2.28. The lowest BCUT2D eigenvalue weighted by atomic mass is 9.92. The highest BCUT2D eigenvalue weighted by Gasteiger charge is 2.00. The van der Waals surface area contributed by atoms with Crippen LogP contribution >= 0.6 is 22.6 Å². The van der Waals surface area contributed by atoms with E-state index in [1.54, 1.807) is 0 Å². The highest BCUT2D eigenvalue weighted by atomic mass is 127. The molecular weight excluding hydrogens is 306 g/mol. The highest BCUT2D eigenvalue weighted by molar-refractivity contribution is 14.1. The van der Waals surface area contributed by atoms with Crippen LogP contribution in [0.1, 0.15) is 0 Å². The van der Waals surface area contributed by atoms with Crippen molar-refractivity contribution in [3.8, 4) is 0 Å². The number of halogens is 1. The number of benzene rings is 3. The third-order valence-electron chi connectivity index (χ3n) is 2.82. The van der Waals surface area contributed by atoms with E-state index >= 15 is 0 Å². The first-order chi connectivity index (χ1) is 7.74. The molecule has 0 aliphatic rings. The summed E-state index contributed by atoms with van der Waals surface area (Å²) in [6.07, 6.45) is 0. The summed E-state index contributed by atoms with van der Waals surface area (Å²) >= 11 is 2.34. The van der Waals surface area contributed by atoms with Gasteiger partial charge < -0.3 is 0 Å². The maximum absolute atomic E-state index is 5.79. The molecule has 3 aromatic rings. The summed E-state index contributed by atoms with van der Waals surface area (Å²) in [5, 5.41) is 5.04. The van der Waals surface area contributed by atoms with Crippen molar-refractivity contribution in [3.05, 3.63) is 52.1 Å². The molecule has 0 unspecified atom stereocenters. The zero-order valence-electron chi connectivity index (χ0n) is 8.57. The lowest BCUT2D eigenvalue weighted by molar-refractivity contribution is 1.72. The Morgan fingerprint density at radius 1 is 0.750 bits per heavy atom. The molecule has 0 aliphatic heterocycles. The van der Waals surface area contributed by atoms with Crippen molar-refractivity contribution in [1.82, 2.24) is 0 Å². The van der Waals surface area contributed by atoms with Crippen LogP contribution in [0.4, 0.5) is 0 Å². The Hall–Kier alpha value is -1.03. The van der Waals surface area contributed by atoms with E-state index in [1.165, 1.54) is 25.1 Å². The molecule has 0 aromatic heterocycles. The van der Waals surface area contributed by atoms with Gasteiger partial charge in [0.05, 0.1) is 0 Å². The second-order valence-electron chi connectivity index (χ2n) is 3.91. The molecule has 0 amide bonds. The molecule has 0 spiro atoms. The second kappa shape index (κ2) is 3.77. The smallest absolute Gasteiger partial charge is 0.0960 e. The third-order valence-corrected chi connectivity index (χ3v) is 3.49. The van der Waals surface area contributed by atoms with E-state index < -0.39 is 0 Å². The van der Waals surface area contributed by atoms with E-state index in [4.69, 9.17) is 7.85 Å². The largest absolute Gasteiger partial charge is 0.113 e. The van der Waals surface area contributed by atoms with Gasteiger partial charge in [0.15, 0.2) is 0 Å². The van der Waals surface area contributed by atoms with Crippen molar-refractivity contribution in [2.45, 2.75) is 0 Å². The molecule has 0 aliphatic carbocycles. The van der Waals surface area contributed by atoms with Gasteiger partial charge in [0, 0.05) is 3.57 Å². The monoisotopic (exact) mass is 314 g/mol. The van der Waals surface area contributed by atoms with Crippen LogP contribution in [0.3, 0.4) is 0 Å². The minimum absolute atomic E-state index is 0.817. The van der Waals surface area contributed by atoms with Crippen molar-refractivity contribution in [2.75, 3.05) is 0 Å². The summed E-state index contributed by atoms with van der Waals surface area (Å²) in [5.74, 6) is 0. The molecule has 0 fully saturated rings. The van der Waals surface area contributed by atoms with Gasteiger partial charge >= 0.3 is 0 Å². The zero-order valence-corrected chi connectivity index (χ0v) is 10.7. The van der Waals surface area contributed by atoms with Gasteiger partial charge in [-0.2, -0.15) is 0 Å². The molecule has 0 atom stereocenters. The van der Waals surface area contributed by atoms with Crippen LogP contribution in [0, 0.1) is 3.57 Å².